The molecule has 19 heavy (non-hydrogen) atoms. The zero-order valence-corrected chi connectivity index (χ0v) is 11.7. The lowest BCUT2D eigenvalue weighted by molar-refractivity contribution is -0.120. The first-order valence-corrected chi connectivity index (χ1v) is 6.79. The molecule has 0 heterocycles. The van der Waals surface area contributed by atoms with Gasteiger partial charge in [-0.3, -0.25) is 14.3 Å². The van der Waals surface area contributed by atoms with Crippen molar-refractivity contribution in [3.63, 3.8) is 0 Å². The average Bonchev–Trinajstić information content (AvgIpc) is 3.26. The Morgan fingerprint density at radius 1 is 1.42 bits per heavy atom. The first kappa shape index (κ1) is 15.3. The molecule has 1 aliphatic rings. The van der Waals surface area contributed by atoms with E-state index in [1.807, 2.05) is 36.4 Å². The highest BCUT2D eigenvalue weighted by atomic mass is 32.2. The average molecular weight is 278 g/mol. The van der Waals surface area contributed by atoms with Crippen molar-refractivity contribution in [2.24, 2.45) is 11.8 Å². The highest BCUT2D eigenvalue weighted by Gasteiger charge is 2.40. The van der Waals surface area contributed by atoms with Gasteiger partial charge in [0.25, 0.3) is 0 Å². The van der Waals surface area contributed by atoms with E-state index >= 15 is 0 Å². The van der Waals surface area contributed by atoms with Crippen LogP contribution < -0.4 is 10.0 Å². The predicted octanol–water partition coefficient (Wildman–Crippen LogP) is 1.99. The zero-order chi connectivity index (χ0) is 14.1. The standard InChI is InChI=1S/C12H13NOS.C2H5NO/c1-2-9-8-11(9)12(14)13-15-10-6-4-3-5-7-10;1-3-2-4/h2-7,9,11H,1,8H2,(H,13,14);2H,1H3,(H,3,4). The Bertz CT molecular complexity index is 423. The van der Waals surface area contributed by atoms with Crippen LogP contribution in [0.3, 0.4) is 0 Å². The summed E-state index contributed by atoms with van der Waals surface area (Å²) >= 11 is 1.38. The highest BCUT2D eigenvalue weighted by Crippen LogP contribution is 2.39. The van der Waals surface area contributed by atoms with Crippen molar-refractivity contribution in [1.82, 2.24) is 10.0 Å². The van der Waals surface area contributed by atoms with Crippen molar-refractivity contribution in [3.8, 4) is 0 Å². The third-order valence-electron chi connectivity index (χ3n) is 2.61. The van der Waals surface area contributed by atoms with Crippen molar-refractivity contribution in [3.05, 3.63) is 43.0 Å². The van der Waals surface area contributed by atoms with Gasteiger partial charge in [-0.1, -0.05) is 24.3 Å². The molecule has 1 fully saturated rings. The van der Waals surface area contributed by atoms with Gasteiger partial charge in [-0.05, 0) is 36.4 Å². The monoisotopic (exact) mass is 278 g/mol. The number of carbonyl (C=O) groups is 2. The van der Waals surface area contributed by atoms with Gasteiger partial charge in [0.15, 0.2) is 0 Å². The van der Waals surface area contributed by atoms with Crippen molar-refractivity contribution in [1.29, 1.82) is 0 Å². The molecule has 1 saturated carbocycles. The number of rotatable bonds is 5. The Morgan fingerprint density at radius 2 is 2.05 bits per heavy atom. The highest BCUT2D eigenvalue weighted by molar-refractivity contribution is 7.98. The molecule has 0 aliphatic heterocycles. The van der Waals surface area contributed by atoms with E-state index in [-0.39, 0.29) is 11.8 Å². The van der Waals surface area contributed by atoms with Gasteiger partial charge in [0.2, 0.25) is 12.3 Å². The van der Waals surface area contributed by atoms with Crippen molar-refractivity contribution < 1.29 is 9.59 Å². The Kier molecular flexibility index (Phi) is 6.74. The summed E-state index contributed by atoms with van der Waals surface area (Å²) in [6.07, 6.45) is 3.43. The molecule has 102 valence electrons. The molecule has 2 rings (SSSR count). The lowest BCUT2D eigenvalue weighted by atomic mass is 10.3. The molecule has 0 spiro atoms. The summed E-state index contributed by atoms with van der Waals surface area (Å²) < 4.78 is 2.86. The van der Waals surface area contributed by atoms with Gasteiger partial charge >= 0.3 is 0 Å². The fourth-order valence-corrected chi connectivity index (χ4v) is 2.11. The van der Waals surface area contributed by atoms with Crippen molar-refractivity contribution >= 4 is 24.3 Å². The molecular weight excluding hydrogens is 260 g/mol. The number of nitrogens with one attached hydrogen (secondary N) is 2. The maximum absolute atomic E-state index is 11.6. The van der Waals surface area contributed by atoms with Crippen LogP contribution in [0.25, 0.3) is 0 Å². The largest absolute Gasteiger partial charge is 0.362 e. The third-order valence-corrected chi connectivity index (χ3v) is 3.42. The molecule has 4 nitrogen and oxygen atoms in total. The smallest absolute Gasteiger partial charge is 0.233 e. The molecule has 2 N–H and O–H groups in total. The van der Waals surface area contributed by atoms with Crippen molar-refractivity contribution in [2.75, 3.05) is 7.05 Å². The number of hydrogen-bond acceptors (Lipinski definition) is 3. The summed E-state index contributed by atoms with van der Waals surface area (Å²) in [5, 5.41) is 2.25. The van der Waals surface area contributed by atoms with Gasteiger partial charge in [-0.25, -0.2) is 0 Å². The first-order chi connectivity index (χ1) is 9.22. The molecular formula is C14H18N2O2S. The van der Waals surface area contributed by atoms with Crippen LogP contribution in [-0.4, -0.2) is 19.4 Å². The summed E-state index contributed by atoms with van der Waals surface area (Å²) in [4.78, 5) is 21.7. The maximum atomic E-state index is 11.6. The molecule has 2 amide bonds. The van der Waals surface area contributed by atoms with E-state index in [1.165, 1.54) is 11.9 Å². The molecule has 2 unspecified atom stereocenters. The third kappa shape index (κ3) is 5.61. The normalized spacial score (nSPS) is 19.4. The second kappa shape index (κ2) is 8.37. The minimum Gasteiger partial charge on any atom is -0.362 e. The zero-order valence-electron chi connectivity index (χ0n) is 10.8. The van der Waals surface area contributed by atoms with Crippen LogP contribution in [0.5, 0.6) is 0 Å². The van der Waals surface area contributed by atoms with Gasteiger partial charge in [0, 0.05) is 17.9 Å². The van der Waals surface area contributed by atoms with Crippen LogP contribution in [0.4, 0.5) is 0 Å². The summed E-state index contributed by atoms with van der Waals surface area (Å²) in [6, 6.07) is 9.82. The Labute approximate surface area is 117 Å². The van der Waals surface area contributed by atoms with Crippen LogP contribution in [0, 0.1) is 11.8 Å². The van der Waals surface area contributed by atoms with Gasteiger partial charge < -0.3 is 5.32 Å². The molecule has 5 heteroatoms. The quantitative estimate of drug-likeness (QED) is 0.492. The van der Waals surface area contributed by atoms with Crippen molar-refractivity contribution in [2.45, 2.75) is 11.3 Å². The minimum atomic E-state index is 0.119. The van der Waals surface area contributed by atoms with E-state index in [9.17, 15) is 4.79 Å². The number of allylic oxidation sites excluding steroid dienone is 1. The molecule has 0 radical (unpaired) electrons. The first-order valence-electron chi connectivity index (χ1n) is 5.98. The van der Waals surface area contributed by atoms with Crippen LogP contribution in [0.15, 0.2) is 47.9 Å². The van der Waals surface area contributed by atoms with E-state index in [4.69, 9.17) is 4.79 Å². The van der Waals surface area contributed by atoms with Crippen LogP contribution >= 0.6 is 11.9 Å². The molecule has 1 aromatic rings. The molecule has 2 atom stereocenters. The van der Waals surface area contributed by atoms with Gasteiger partial charge in [-0.2, -0.15) is 0 Å². The topological polar surface area (TPSA) is 58.2 Å². The van der Waals surface area contributed by atoms with E-state index in [0.717, 1.165) is 11.3 Å². The summed E-state index contributed by atoms with van der Waals surface area (Å²) in [6.45, 7) is 3.69. The molecule has 0 saturated heterocycles. The van der Waals surface area contributed by atoms with Crippen LogP contribution in [0.2, 0.25) is 0 Å². The Balaban J connectivity index is 0.000000399. The number of benzene rings is 1. The van der Waals surface area contributed by atoms with Crippen LogP contribution in [0.1, 0.15) is 6.42 Å². The van der Waals surface area contributed by atoms with E-state index in [1.54, 1.807) is 7.05 Å². The lowest BCUT2D eigenvalue weighted by Crippen LogP contribution is -2.18. The maximum Gasteiger partial charge on any atom is 0.233 e. The fourth-order valence-electron chi connectivity index (χ4n) is 1.45. The molecule has 1 aromatic carbocycles. The number of carbonyl (C=O) groups excluding carboxylic acids is 2. The van der Waals surface area contributed by atoms with Gasteiger partial charge in [0.1, 0.15) is 0 Å². The summed E-state index contributed by atoms with van der Waals surface area (Å²) in [5.74, 6) is 0.661. The van der Waals surface area contributed by atoms with Gasteiger partial charge in [-0.15, -0.1) is 6.58 Å². The van der Waals surface area contributed by atoms with E-state index in [2.05, 4.69) is 16.6 Å². The number of hydrogen-bond donors (Lipinski definition) is 2. The fraction of sp³-hybridized carbons (Fsp3) is 0.286. The SMILES string of the molecule is C=CC1CC1C(=O)NSc1ccccc1.CNC=O. The Hall–Kier alpha value is -1.75. The second-order valence-corrected chi connectivity index (χ2v) is 4.91. The lowest BCUT2D eigenvalue weighted by Gasteiger charge is -2.02. The molecule has 0 bridgehead atoms. The summed E-state index contributed by atoms with van der Waals surface area (Å²) in [7, 11) is 1.56. The van der Waals surface area contributed by atoms with E-state index in [0.29, 0.717) is 12.3 Å². The summed E-state index contributed by atoms with van der Waals surface area (Å²) in [5.41, 5.74) is 0. The van der Waals surface area contributed by atoms with Gasteiger partial charge in [0.05, 0.1) is 0 Å². The van der Waals surface area contributed by atoms with Crippen LogP contribution in [-0.2, 0) is 9.59 Å². The van der Waals surface area contributed by atoms with E-state index < -0.39 is 0 Å². The molecule has 1 aliphatic carbocycles. The Morgan fingerprint density at radius 3 is 2.53 bits per heavy atom. The predicted molar refractivity (Wildman–Crippen MR) is 77.4 cm³/mol. The second-order valence-electron chi connectivity index (χ2n) is 4.03. The molecule has 0 aromatic heterocycles. The minimum absolute atomic E-state index is 0.119. The number of amides is 2.